The van der Waals surface area contributed by atoms with Gasteiger partial charge in [-0.3, -0.25) is 9.97 Å². The lowest BCUT2D eigenvalue weighted by atomic mass is 9.96. The van der Waals surface area contributed by atoms with Gasteiger partial charge < -0.3 is 4.90 Å². The first-order valence-corrected chi connectivity index (χ1v) is 21.9. The maximum Gasteiger partial charge on any atom is 0.0795 e. The molecular weight excluding hydrogens is 791 g/mol. The SMILES string of the molecule is c1ccc2cc(-c3ccc4c(ccc5cc(N(c6ccc(-c7ccc8c(ccc9cccnc98)n7)cc6)c6ccc(-c7ccc8c(ccc9cccnc98)n7)cc6)ccc54)c3)ccc2c1. The minimum absolute atomic E-state index is 0.920. The van der Waals surface area contributed by atoms with Crippen LogP contribution in [0.15, 0.2) is 225 Å². The molecule has 0 bridgehead atoms. The molecule has 0 saturated heterocycles. The molecule has 0 fully saturated rings. The first-order chi connectivity index (χ1) is 32.2. The zero-order valence-electron chi connectivity index (χ0n) is 35.1. The average molecular weight is 828 g/mol. The van der Waals surface area contributed by atoms with Crippen LogP contribution < -0.4 is 4.90 Å². The van der Waals surface area contributed by atoms with Gasteiger partial charge >= 0.3 is 0 Å². The summed E-state index contributed by atoms with van der Waals surface area (Å²) in [5, 5.41) is 11.7. The molecule has 0 unspecified atom stereocenters. The van der Waals surface area contributed by atoms with Crippen LogP contribution in [0, 0.1) is 0 Å². The summed E-state index contributed by atoms with van der Waals surface area (Å²) in [6.45, 7) is 0. The third-order valence-electron chi connectivity index (χ3n) is 12.9. The van der Waals surface area contributed by atoms with E-state index in [-0.39, 0.29) is 0 Å². The molecule has 5 nitrogen and oxygen atoms in total. The Balaban J connectivity index is 0.882. The fraction of sp³-hybridized carbons (Fsp3) is 0. The zero-order chi connectivity index (χ0) is 42.8. The fourth-order valence-electron chi connectivity index (χ4n) is 9.57. The van der Waals surface area contributed by atoms with Crippen LogP contribution >= 0.6 is 0 Å². The summed E-state index contributed by atoms with van der Waals surface area (Å²) in [4.78, 5) is 21.8. The maximum atomic E-state index is 5.09. The van der Waals surface area contributed by atoms with Gasteiger partial charge in [0.2, 0.25) is 0 Å². The number of nitrogens with zero attached hydrogens (tertiary/aromatic N) is 5. The van der Waals surface area contributed by atoms with Crippen molar-refractivity contribution in [2.45, 2.75) is 0 Å². The molecule has 302 valence electrons. The van der Waals surface area contributed by atoms with Gasteiger partial charge in [-0.15, -0.1) is 0 Å². The maximum absolute atomic E-state index is 5.09. The second kappa shape index (κ2) is 14.9. The standard InChI is InChI=1S/C60H37N5/c1-2-6-43-35-44(10-9-38(43)5-1)45-17-25-51-46(36-45)11-12-47-37-50(24-26-52(47)51)65(48-20-13-39(14-21-48)55-31-27-53-57(63-55)29-18-41-7-3-33-61-59(41)53)49-22-15-40(16-23-49)56-32-28-54-58(64-56)30-19-42-8-4-34-62-60(42)54/h1-37H. The number of anilines is 3. The van der Waals surface area contributed by atoms with Gasteiger partial charge in [-0.1, -0.05) is 115 Å². The van der Waals surface area contributed by atoms with Gasteiger partial charge in [-0.25, -0.2) is 9.97 Å². The summed E-state index contributed by atoms with van der Waals surface area (Å²) < 4.78 is 0. The van der Waals surface area contributed by atoms with E-state index < -0.39 is 0 Å². The van der Waals surface area contributed by atoms with E-state index in [4.69, 9.17) is 9.97 Å². The number of fused-ring (bicyclic) bond motifs is 10. The van der Waals surface area contributed by atoms with Crippen molar-refractivity contribution in [2.24, 2.45) is 0 Å². The number of benzene rings is 9. The van der Waals surface area contributed by atoms with E-state index in [0.717, 1.165) is 83.2 Å². The highest BCUT2D eigenvalue weighted by molar-refractivity contribution is 6.10. The summed E-state index contributed by atoms with van der Waals surface area (Å²) in [6.07, 6.45) is 3.68. The quantitative estimate of drug-likeness (QED) is 0.156. The van der Waals surface area contributed by atoms with Crippen molar-refractivity contribution in [3.63, 3.8) is 0 Å². The highest BCUT2D eigenvalue weighted by Crippen LogP contribution is 2.40. The van der Waals surface area contributed by atoms with Gasteiger partial charge in [-0.05, 0) is 141 Å². The normalized spacial score (nSPS) is 11.7. The van der Waals surface area contributed by atoms with Gasteiger partial charge in [-0.2, -0.15) is 0 Å². The van der Waals surface area contributed by atoms with Crippen LogP contribution in [0.3, 0.4) is 0 Å². The second-order valence-corrected chi connectivity index (χ2v) is 16.7. The Hall–Kier alpha value is -8.80. The minimum atomic E-state index is 0.920. The largest absolute Gasteiger partial charge is 0.310 e. The highest BCUT2D eigenvalue weighted by atomic mass is 15.1. The Morgan fingerprint density at radius 3 is 1.31 bits per heavy atom. The van der Waals surface area contributed by atoms with E-state index in [1.165, 1.54) is 43.4 Å². The smallest absolute Gasteiger partial charge is 0.0795 e. The number of hydrogen-bond donors (Lipinski definition) is 0. The topological polar surface area (TPSA) is 54.8 Å². The summed E-state index contributed by atoms with van der Waals surface area (Å²) in [5.74, 6) is 0. The fourth-order valence-corrected chi connectivity index (χ4v) is 9.57. The Bertz CT molecular complexity index is 3850. The lowest BCUT2D eigenvalue weighted by molar-refractivity contribution is 1.28. The average Bonchev–Trinajstić information content (AvgIpc) is 3.38. The summed E-state index contributed by atoms with van der Waals surface area (Å²) in [6, 6.07) is 75.8. The molecule has 0 amide bonds. The van der Waals surface area contributed by atoms with Crippen LogP contribution in [-0.4, -0.2) is 19.9 Å². The molecule has 0 aliphatic carbocycles. The van der Waals surface area contributed by atoms with Crippen molar-refractivity contribution in [2.75, 3.05) is 4.90 Å². The molecule has 0 aliphatic heterocycles. The van der Waals surface area contributed by atoms with Crippen LogP contribution in [0.2, 0.25) is 0 Å². The molecule has 13 rings (SSSR count). The van der Waals surface area contributed by atoms with E-state index in [1.54, 1.807) is 0 Å². The lowest BCUT2D eigenvalue weighted by Crippen LogP contribution is -2.10. The molecule has 5 heteroatoms. The Morgan fingerprint density at radius 1 is 0.277 bits per heavy atom. The van der Waals surface area contributed by atoms with E-state index in [2.05, 4.69) is 215 Å². The molecule has 0 saturated carbocycles. The molecule has 0 spiro atoms. The first-order valence-electron chi connectivity index (χ1n) is 21.9. The number of rotatable bonds is 6. The predicted molar refractivity (Wildman–Crippen MR) is 271 cm³/mol. The zero-order valence-corrected chi connectivity index (χ0v) is 35.1. The third-order valence-corrected chi connectivity index (χ3v) is 12.9. The van der Waals surface area contributed by atoms with E-state index >= 15 is 0 Å². The number of pyridine rings is 4. The van der Waals surface area contributed by atoms with Crippen molar-refractivity contribution < 1.29 is 0 Å². The van der Waals surface area contributed by atoms with Crippen LogP contribution in [0.1, 0.15) is 0 Å². The molecule has 13 aromatic rings. The first kappa shape index (κ1) is 36.8. The van der Waals surface area contributed by atoms with E-state index in [0.29, 0.717) is 0 Å². The summed E-state index contributed by atoms with van der Waals surface area (Å²) in [5.41, 5.74) is 13.3. The Kier molecular flexibility index (Phi) is 8.46. The number of hydrogen-bond acceptors (Lipinski definition) is 5. The van der Waals surface area contributed by atoms with Crippen molar-refractivity contribution in [1.82, 2.24) is 19.9 Å². The molecule has 0 aliphatic rings. The Labute approximate surface area is 374 Å². The number of aromatic nitrogens is 4. The monoisotopic (exact) mass is 827 g/mol. The van der Waals surface area contributed by atoms with Crippen LogP contribution in [0.4, 0.5) is 17.1 Å². The van der Waals surface area contributed by atoms with Crippen LogP contribution in [-0.2, 0) is 0 Å². The summed E-state index contributed by atoms with van der Waals surface area (Å²) >= 11 is 0. The van der Waals surface area contributed by atoms with Gasteiger partial charge in [0.1, 0.15) is 0 Å². The van der Waals surface area contributed by atoms with E-state index in [9.17, 15) is 0 Å². The third kappa shape index (κ3) is 6.40. The van der Waals surface area contributed by atoms with Crippen molar-refractivity contribution in [3.05, 3.63) is 225 Å². The summed E-state index contributed by atoms with van der Waals surface area (Å²) in [7, 11) is 0. The van der Waals surface area contributed by atoms with Crippen LogP contribution in [0.5, 0.6) is 0 Å². The molecular formula is C60H37N5. The Morgan fingerprint density at radius 2 is 0.708 bits per heavy atom. The van der Waals surface area contributed by atoms with Gasteiger partial charge in [0.05, 0.1) is 33.5 Å². The van der Waals surface area contributed by atoms with Gasteiger partial charge in [0.15, 0.2) is 0 Å². The molecule has 9 aromatic carbocycles. The van der Waals surface area contributed by atoms with Crippen molar-refractivity contribution in [1.29, 1.82) is 0 Å². The molecule has 0 N–H and O–H groups in total. The van der Waals surface area contributed by atoms with Gasteiger partial charge in [0.25, 0.3) is 0 Å². The molecule has 0 atom stereocenters. The molecule has 4 heterocycles. The molecule has 4 aromatic heterocycles. The highest BCUT2D eigenvalue weighted by Gasteiger charge is 2.16. The molecule has 65 heavy (non-hydrogen) atoms. The van der Waals surface area contributed by atoms with Gasteiger partial charge in [0, 0.05) is 62.1 Å². The van der Waals surface area contributed by atoms with Crippen molar-refractivity contribution >= 4 is 93.0 Å². The van der Waals surface area contributed by atoms with Crippen LogP contribution in [0.25, 0.3) is 110 Å². The molecule has 0 radical (unpaired) electrons. The predicted octanol–water partition coefficient (Wildman–Crippen LogP) is 15.8. The lowest BCUT2D eigenvalue weighted by Gasteiger charge is -2.26. The second-order valence-electron chi connectivity index (χ2n) is 16.7. The van der Waals surface area contributed by atoms with Crippen molar-refractivity contribution in [3.8, 4) is 33.6 Å². The minimum Gasteiger partial charge on any atom is -0.310 e. The van der Waals surface area contributed by atoms with E-state index in [1.807, 2.05) is 24.5 Å².